The second-order valence-corrected chi connectivity index (χ2v) is 3.62. The fraction of sp³-hybridized carbons (Fsp3) is 0.625. The van der Waals surface area contributed by atoms with Gasteiger partial charge in [0.05, 0.1) is 0 Å². The van der Waals surface area contributed by atoms with Crippen molar-refractivity contribution in [1.29, 1.82) is 0 Å². The zero-order valence-corrected chi connectivity index (χ0v) is 8.50. The molecule has 0 aliphatic rings. The molecule has 0 spiro atoms. The van der Waals surface area contributed by atoms with E-state index >= 15 is 0 Å². The largest absolute Gasteiger partial charge is 0.334 e. The van der Waals surface area contributed by atoms with Crippen molar-refractivity contribution < 1.29 is 0 Å². The predicted molar refractivity (Wildman–Crippen MR) is 50.1 cm³/mol. The Kier molecular flexibility index (Phi) is 3.12. The number of halogens is 1. The molecule has 0 bridgehead atoms. The first kappa shape index (κ1) is 8.78. The molecule has 0 saturated heterocycles. The van der Waals surface area contributed by atoms with Crippen LogP contribution in [0.2, 0.25) is 0 Å². The van der Waals surface area contributed by atoms with Crippen molar-refractivity contribution in [2.24, 2.45) is 0 Å². The first-order chi connectivity index (χ1) is 5.25. The molecule has 1 aromatic heterocycles. The van der Waals surface area contributed by atoms with Gasteiger partial charge in [0.25, 0.3) is 0 Å². The summed E-state index contributed by atoms with van der Waals surface area (Å²) < 4.78 is 2.18. The van der Waals surface area contributed by atoms with Crippen LogP contribution in [-0.2, 0) is 6.54 Å². The van der Waals surface area contributed by atoms with Gasteiger partial charge in [0.1, 0.15) is 5.82 Å². The highest BCUT2D eigenvalue weighted by atomic mass is 79.9. The minimum absolute atomic E-state index is 0.518. The Bertz CT molecular complexity index is 218. The summed E-state index contributed by atoms with van der Waals surface area (Å²) in [6.45, 7) is 5.33. The molecule has 62 valence electrons. The molecule has 0 N–H and O–H groups in total. The molecule has 0 fully saturated rings. The van der Waals surface area contributed by atoms with E-state index in [0.717, 1.165) is 11.9 Å². The third-order valence-electron chi connectivity index (χ3n) is 1.59. The van der Waals surface area contributed by atoms with Gasteiger partial charge in [-0.3, -0.25) is 0 Å². The summed E-state index contributed by atoms with van der Waals surface area (Å²) in [7, 11) is 0. The molecule has 3 heteroatoms. The average Bonchev–Trinajstić information content (AvgIpc) is 2.36. The molecule has 0 saturated carbocycles. The number of nitrogens with zero attached hydrogens (tertiary/aromatic N) is 2. The van der Waals surface area contributed by atoms with E-state index in [1.165, 1.54) is 5.82 Å². The Morgan fingerprint density at radius 3 is 2.91 bits per heavy atom. The fourth-order valence-corrected chi connectivity index (χ4v) is 1.48. The number of rotatable bonds is 3. The molecule has 0 aliphatic carbocycles. The zero-order chi connectivity index (χ0) is 8.27. The van der Waals surface area contributed by atoms with Crippen LogP contribution < -0.4 is 0 Å². The molecule has 0 atom stereocenters. The summed E-state index contributed by atoms with van der Waals surface area (Å²) in [4.78, 5) is 4.28. The van der Waals surface area contributed by atoms with Crippen molar-refractivity contribution in [3.05, 3.63) is 18.2 Å². The molecule has 0 amide bonds. The molecular weight excluding hydrogens is 204 g/mol. The Labute approximate surface area is 75.8 Å². The van der Waals surface area contributed by atoms with Crippen molar-refractivity contribution in [1.82, 2.24) is 9.55 Å². The van der Waals surface area contributed by atoms with Crippen LogP contribution in [0.4, 0.5) is 0 Å². The quantitative estimate of drug-likeness (QED) is 0.711. The van der Waals surface area contributed by atoms with Gasteiger partial charge >= 0.3 is 0 Å². The van der Waals surface area contributed by atoms with Gasteiger partial charge in [-0.25, -0.2) is 4.98 Å². The number of hydrogen-bond donors (Lipinski definition) is 0. The Balaban J connectivity index is 2.78. The minimum Gasteiger partial charge on any atom is -0.334 e. The number of hydrogen-bond acceptors (Lipinski definition) is 1. The topological polar surface area (TPSA) is 17.8 Å². The number of aromatic nitrogens is 2. The smallest absolute Gasteiger partial charge is 0.111 e. The van der Waals surface area contributed by atoms with Crippen LogP contribution in [0.3, 0.4) is 0 Å². The van der Waals surface area contributed by atoms with Gasteiger partial charge in [-0.1, -0.05) is 29.8 Å². The van der Waals surface area contributed by atoms with Crippen molar-refractivity contribution in [3.8, 4) is 0 Å². The normalized spacial score (nSPS) is 10.9. The van der Waals surface area contributed by atoms with E-state index in [4.69, 9.17) is 0 Å². The Morgan fingerprint density at radius 2 is 2.36 bits per heavy atom. The van der Waals surface area contributed by atoms with E-state index < -0.39 is 0 Å². The first-order valence-electron chi connectivity index (χ1n) is 3.82. The van der Waals surface area contributed by atoms with Crippen LogP contribution in [0.1, 0.15) is 25.6 Å². The first-order valence-corrected chi connectivity index (χ1v) is 4.95. The van der Waals surface area contributed by atoms with Crippen molar-refractivity contribution in [3.63, 3.8) is 0 Å². The molecule has 1 rings (SSSR count). The lowest BCUT2D eigenvalue weighted by atomic mass is 10.2. The maximum absolute atomic E-state index is 4.28. The van der Waals surface area contributed by atoms with Gasteiger partial charge in [0.2, 0.25) is 0 Å². The maximum atomic E-state index is 4.28. The molecule has 0 radical (unpaired) electrons. The van der Waals surface area contributed by atoms with Crippen LogP contribution >= 0.6 is 15.9 Å². The van der Waals surface area contributed by atoms with E-state index in [0.29, 0.717) is 5.92 Å². The molecule has 1 aromatic rings. The highest BCUT2D eigenvalue weighted by Gasteiger charge is 2.04. The lowest BCUT2D eigenvalue weighted by Crippen LogP contribution is -2.05. The van der Waals surface area contributed by atoms with Crippen LogP contribution in [0.25, 0.3) is 0 Å². The second-order valence-electron chi connectivity index (χ2n) is 2.82. The maximum Gasteiger partial charge on any atom is 0.111 e. The fourth-order valence-electron chi connectivity index (χ4n) is 1.10. The highest BCUT2D eigenvalue weighted by Crippen LogP contribution is 2.11. The van der Waals surface area contributed by atoms with Gasteiger partial charge in [0, 0.05) is 30.2 Å². The van der Waals surface area contributed by atoms with E-state index in [1.54, 1.807) is 0 Å². The molecule has 1 heterocycles. The number of alkyl halides is 1. The lowest BCUT2D eigenvalue weighted by molar-refractivity contribution is 0.658. The molecule has 0 aliphatic heterocycles. The van der Waals surface area contributed by atoms with E-state index in [9.17, 15) is 0 Å². The van der Waals surface area contributed by atoms with Gasteiger partial charge in [-0.05, 0) is 0 Å². The number of imidazole rings is 1. The second kappa shape index (κ2) is 3.90. The highest BCUT2D eigenvalue weighted by molar-refractivity contribution is 9.09. The van der Waals surface area contributed by atoms with E-state index in [2.05, 4.69) is 39.3 Å². The third-order valence-corrected chi connectivity index (χ3v) is 1.94. The van der Waals surface area contributed by atoms with Crippen LogP contribution in [-0.4, -0.2) is 14.9 Å². The monoisotopic (exact) mass is 216 g/mol. The van der Waals surface area contributed by atoms with Crippen molar-refractivity contribution >= 4 is 15.9 Å². The third kappa shape index (κ3) is 2.06. The van der Waals surface area contributed by atoms with Crippen molar-refractivity contribution in [2.45, 2.75) is 26.3 Å². The van der Waals surface area contributed by atoms with Crippen molar-refractivity contribution in [2.75, 3.05) is 5.33 Å². The van der Waals surface area contributed by atoms with E-state index in [1.807, 2.05) is 12.4 Å². The summed E-state index contributed by atoms with van der Waals surface area (Å²) in [5.41, 5.74) is 0. The zero-order valence-electron chi connectivity index (χ0n) is 6.92. The predicted octanol–water partition coefficient (Wildman–Crippen LogP) is 2.40. The van der Waals surface area contributed by atoms with Crippen LogP contribution in [0, 0.1) is 0 Å². The van der Waals surface area contributed by atoms with Crippen LogP contribution in [0.5, 0.6) is 0 Å². The minimum atomic E-state index is 0.518. The summed E-state index contributed by atoms with van der Waals surface area (Å²) in [6.07, 6.45) is 3.88. The van der Waals surface area contributed by atoms with Crippen LogP contribution in [0.15, 0.2) is 12.4 Å². The average molecular weight is 217 g/mol. The Morgan fingerprint density at radius 1 is 1.64 bits per heavy atom. The molecular formula is C8H13BrN2. The standard InChI is InChI=1S/C8H13BrN2/c1-7(2)8-10-4-6-11(8)5-3-9/h4,6-7H,3,5H2,1-2H3. The summed E-state index contributed by atoms with van der Waals surface area (Å²) in [5, 5.41) is 0.989. The lowest BCUT2D eigenvalue weighted by Gasteiger charge is -2.07. The van der Waals surface area contributed by atoms with Gasteiger partial charge in [0.15, 0.2) is 0 Å². The summed E-state index contributed by atoms with van der Waals surface area (Å²) in [5.74, 6) is 1.69. The summed E-state index contributed by atoms with van der Waals surface area (Å²) >= 11 is 3.41. The summed E-state index contributed by atoms with van der Waals surface area (Å²) in [6, 6.07) is 0. The molecule has 11 heavy (non-hydrogen) atoms. The SMILES string of the molecule is CC(C)c1nccn1CCBr. The molecule has 2 nitrogen and oxygen atoms in total. The van der Waals surface area contributed by atoms with Gasteiger partial charge < -0.3 is 4.57 Å². The molecule has 0 aromatic carbocycles. The van der Waals surface area contributed by atoms with Gasteiger partial charge in [-0.2, -0.15) is 0 Å². The number of aryl methyl sites for hydroxylation is 1. The van der Waals surface area contributed by atoms with E-state index in [-0.39, 0.29) is 0 Å². The van der Waals surface area contributed by atoms with Gasteiger partial charge in [-0.15, -0.1) is 0 Å². The molecule has 0 unspecified atom stereocenters. The Hall–Kier alpha value is -0.310.